The molecule has 0 saturated carbocycles. The molecule has 0 saturated heterocycles. The Bertz CT molecular complexity index is 891. The zero-order chi connectivity index (χ0) is 17.8. The molecule has 26 heavy (non-hydrogen) atoms. The van der Waals surface area contributed by atoms with Crippen LogP contribution < -0.4 is 21.2 Å². The normalized spacial score (nSPS) is 11.3. The molecule has 1 aromatic heterocycles. The van der Waals surface area contributed by atoms with Crippen LogP contribution in [0.3, 0.4) is 0 Å². The highest BCUT2D eigenvalue weighted by molar-refractivity contribution is 9.10. The van der Waals surface area contributed by atoms with Crippen LogP contribution in [-0.4, -0.2) is 4.98 Å². The minimum atomic E-state index is -2.00. The van der Waals surface area contributed by atoms with Gasteiger partial charge < -0.3 is 0 Å². The average Bonchev–Trinajstić information content (AvgIpc) is 2.71. The van der Waals surface area contributed by atoms with Gasteiger partial charge in [0.05, 0.1) is 0 Å². The standard InChI is InChI=1S/C23H18BrNP/c24-23-18-22(16-17-25-23)26(19-10-4-1-5-11-19,20-12-6-2-7-13-20)21-14-8-3-9-15-21/h1-18H/q+1. The van der Waals surface area contributed by atoms with Crippen LogP contribution in [0.25, 0.3) is 0 Å². The first-order valence-electron chi connectivity index (χ1n) is 8.50. The summed E-state index contributed by atoms with van der Waals surface area (Å²) in [4.78, 5) is 4.37. The maximum Gasteiger partial charge on any atom is 0.144 e. The summed E-state index contributed by atoms with van der Waals surface area (Å²) in [5.74, 6) is 0. The Morgan fingerprint density at radius 3 is 1.35 bits per heavy atom. The second kappa shape index (κ2) is 7.53. The lowest BCUT2D eigenvalue weighted by Gasteiger charge is -2.27. The van der Waals surface area contributed by atoms with Gasteiger partial charge in [0.1, 0.15) is 33.1 Å². The summed E-state index contributed by atoms with van der Waals surface area (Å²) in [7, 11) is -2.00. The second-order valence-electron chi connectivity index (χ2n) is 6.01. The van der Waals surface area contributed by atoms with E-state index >= 15 is 0 Å². The number of benzene rings is 3. The number of hydrogen-bond donors (Lipinski definition) is 0. The molecule has 0 aliphatic heterocycles. The van der Waals surface area contributed by atoms with Crippen molar-refractivity contribution >= 4 is 44.4 Å². The van der Waals surface area contributed by atoms with E-state index in [0.29, 0.717) is 0 Å². The van der Waals surface area contributed by atoms with Crippen molar-refractivity contribution < 1.29 is 0 Å². The number of nitrogens with zero attached hydrogens (tertiary/aromatic N) is 1. The quantitative estimate of drug-likeness (QED) is 0.352. The topological polar surface area (TPSA) is 12.9 Å². The van der Waals surface area contributed by atoms with Gasteiger partial charge in [-0.15, -0.1) is 0 Å². The van der Waals surface area contributed by atoms with Crippen molar-refractivity contribution in [3.05, 3.63) is 114 Å². The lowest BCUT2D eigenvalue weighted by molar-refractivity contribution is 1.29. The number of pyridine rings is 1. The van der Waals surface area contributed by atoms with Crippen molar-refractivity contribution in [1.29, 1.82) is 0 Å². The average molecular weight is 419 g/mol. The summed E-state index contributed by atoms with van der Waals surface area (Å²) in [5, 5.41) is 5.32. The molecule has 1 nitrogen and oxygen atoms in total. The van der Waals surface area contributed by atoms with Gasteiger partial charge in [-0.25, -0.2) is 4.98 Å². The van der Waals surface area contributed by atoms with Crippen molar-refractivity contribution in [2.45, 2.75) is 0 Å². The minimum absolute atomic E-state index is 0.863. The van der Waals surface area contributed by atoms with E-state index in [4.69, 9.17) is 0 Å². The van der Waals surface area contributed by atoms with Crippen LogP contribution in [-0.2, 0) is 0 Å². The Hall–Kier alpha value is -2.28. The van der Waals surface area contributed by atoms with E-state index in [0.717, 1.165) is 4.60 Å². The zero-order valence-corrected chi connectivity index (χ0v) is 16.6. The first-order chi connectivity index (χ1) is 12.8. The van der Waals surface area contributed by atoms with E-state index in [1.54, 1.807) is 0 Å². The van der Waals surface area contributed by atoms with Crippen LogP contribution in [0.2, 0.25) is 0 Å². The van der Waals surface area contributed by atoms with Crippen molar-refractivity contribution in [3.8, 4) is 0 Å². The van der Waals surface area contributed by atoms with E-state index < -0.39 is 7.26 Å². The summed E-state index contributed by atoms with van der Waals surface area (Å²) in [5.41, 5.74) is 0. The predicted molar refractivity (Wildman–Crippen MR) is 117 cm³/mol. The van der Waals surface area contributed by atoms with Gasteiger partial charge in [-0.3, -0.25) is 0 Å². The van der Waals surface area contributed by atoms with E-state index in [2.05, 4.69) is 124 Å². The molecule has 1 heterocycles. The maximum atomic E-state index is 4.37. The molecule has 126 valence electrons. The first kappa shape index (κ1) is 17.1. The van der Waals surface area contributed by atoms with Gasteiger partial charge in [-0.05, 0) is 58.4 Å². The highest BCUT2D eigenvalue weighted by Gasteiger charge is 2.47. The van der Waals surface area contributed by atoms with Crippen LogP contribution in [0.5, 0.6) is 0 Å². The summed E-state index contributed by atoms with van der Waals surface area (Å²) in [6.45, 7) is 0. The molecule has 4 aromatic rings. The number of aromatic nitrogens is 1. The van der Waals surface area contributed by atoms with Crippen LogP contribution in [0.1, 0.15) is 0 Å². The molecule has 0 aliphatic rings. The van der Waals surface area contributed by atoms with Crippen LogP contribution in [0, 0.1) is 0 Å². The van der Waals surface area contributed by atoms with Crippen LogP contribution in [0.15, 0.2) is 114 Å². The molecule has 3 heteroatoms. The van der Waals surface area contributed by atoms with Gasteiger partial charge in [0.2, 0.25) is 0 Å². The third-order valence-corrected chi connectivity index (χ3v) is 9.23. The second-order valence-corrected chi connectivity index (χ2v) is 10.2. The van der Waals surface area contributed by atoms with Gasteiger partial charge in [0, 0.05) is 12.3 Å². The number of hydrogen-bond acceptors (Lipinski definition) is 1. The maximum absolute atomic E-state index is 4.37. The molecular formula is C23H18BrNP+. The van der Waals surface area contributed by atoms with E-state index in [9.17, 15) is 0 Å². The SMILES string of the molecule is Brc1cc([P+](c2ccccc2)(c2ccccc2)c2ccccc2)ccn1. The fourth-order valence-electron chi connectivity index (χ4n) is 3.45. The third-order valence-electron chi connectivity index (χ3n) is 4.53. The van der Waals surface area contributed by atoms with Gasteiger partial charge in [0.25, 0.3) is 0 Å². The molecule has 3 aromatic carbocycles. The summed E-state index contributed by atoms with van der Waals surface area (Å²) >= 11 is 3.58. The van der Waals surface area contributed by atoms with Crippen molar-refractivity contribution in [2.75, 3.05) is 0 Å². The van der Waals surface area contributed by atoms with Crippen LogP contribution >= 0.6 is 23.2 Å². The van der Waals surface area contributed by atoms with E-state index in [1.807, 2.05) is 6.20 Å². The monoisotopic (exact) mass is 418 g/mol. The molecule has 0 atom stereocenters. The van der Waals surface area contributed by atoms with Crippen molar-refractivity contribution in [2.24, 2.45) is 0 Å². The lowest BCUT2D eigenvalue weighted by Crippen LogP contribution is -2.38. The third kappa shape index (κ3) is 3.00. The number of halogens is 1. The Morgan fingerprint density at radius 2 is 0.962 bits per heavy atom. The summed E-state index contributed by atoms with van der Waals surface area (Å²) in [6, 6.07) is 36.9. The lowest BCUT2D eigenvalue weighted by atomic mass is 10.3. The molecule has 0 fully saturated rings. The van der Waals surface area contributed by atoms with Gasteiger partial charge in [-0.2, -0.15) is 0 Å². The van der Waals surface area contributed by atoms with Crippen molar-refractivity contribution in [3.63, 3.8) is 0 Å². The van der Waals surface area contributed by atoms with Gasteiger partial charge in [-0.1, -0.05) is 54.6 Å². The van der Waals surface area contributed by atoms with Gasteiger partial charge in [0.15, 0.2) is 0 Å². The number of rotatable bonds is 4. The van der Waals surface area contributed by atoms with Gasteiger partial charge >= 0.3 is 0 Å². The predicted octanol–water partition coefficient (Wildman–Crippen LogP) is 4.46. The largest absolute Gasteiger partial charge is 0.249 e. The Kier molecular flexibility index (Phi) is 4.97. The fraction of sp³-hybridized carbons (Fsp3) is 0. The minimum Gasteiger partial charge on any atom is -0.249 e. The van der Waals surface area contributed by atoms with Crippen LogP contribution in [0.4, 0.5) is 0 Å². The van der Waals surface area contributed by atoms with E-state index in [1.165, 1.54) is 21.2 Å². The molecule has 0 radical (unpaired) electrons. The molecule has 0 bridgehead atoms. The molecule has 0 N–H and O–H groups in total. The Morgan fingerprint density at radius 1 is 0.538 bits per heavy atom. The highest BCUT2D eigenvalue weighted by Crippen LogP contribution is 2.54. The zero-order valence-electron chi connectivity index (χ0n) is 14.2. The molecule has 0 spiro atoms. The van der Waals surface area contributed by atoms with E-state index in [-0.39, 0.29) is 0 Å². The Balaban J connectivity index is 2.14. The smallest absolute Gasteiger partial charge is 0.144 e. The Labute approximate surface area is 163 Å². The van der Waals surface area contributed by atoms with Crippen molar-refractivity contribution in [1.82, 2.24) is 4.98 Å². The molecule has 4 rings (SSSR count). The molecule has 0 unspecified atom stereocenters. The first-order valence-corrected chi connectivity index (χ1v) is 11.1. The molecule has 0 amide bonds. The summed E-state index contributed by atoms with van der Waals surface area (Å²) < 4.78 is 0.863. The fourth-order valence-corrected chi connectivity index (χ4v) is 8.24. The molecular weight excluding hydrogens is 401 g/mol. The molecule has 0 aliphatic carbocycles. The highest BCUT2D eigenvalue weighted by atomic mass is 79.9. The summed E-state index contributed by atoms with van der Waals surface area (Å²) in [6.07, 6.45) is 1.89.